The third-order valence-electron chi connectivity index (χ3n) is 3.71. The summed E-state index contributed by atoms with van der Waals surface area (Å²) in [6.07, 6.45) is 2.71. The highest BCUT2D eigenvalue weighted by Gasteiger charge is 2.31. The molecule has 2 heterocycles. The lowest BCUT2D eigenvalue weighted by atomic mass is 10.1. The number of thiophene rings is 1. The summed E-state index contributed by atoms with van der Waals surface area (Å²) >= 11 is 1.34. The maximum Gasteiger partial charge on any atom is 0.252 e. The first-order valence-corrected chi connectivity index (χ1v) is 9.16. The molecule has 0 amide bonds. The molecule has 20 heavy (non-hydrogen) atoms. The summed E-state index contributed by atoms with van der Waals surface area (Å²) in [4.78, 5) is 3.14. The second kappa shape index (κ2) is 6.53. The van der Waals surface area contributed by atoms with Crippen LogP contribution < -0.4 is 5.73 Å². The Morgan fingerprint density at radius 1 is 1.45 bits per heavy atom. The summed E-state index contributed by atoms with van der Waals surface area (Å²) in [5.74, 6) is 0. The van der Waals surface area contributed by atoms with E-state index in [0.29, 0.717) is 29.9 Å². The first-order chi connectivity index (χ1) is 9.45. The lowest BCUT2D eigenvalue weighted by Crippen LogP contribution is -2.47. The van der Waals surface area contributed by atoms with Crippen LogP contribution in [0.15, 0.2) is 16.3 Å². The van der Waals surface area contributed by atoms with Crippen LogP contribution in [0.25, 0.3) is 0 Å². The van der Waals surface area contributed by atoms with Crippen LogP contribution in [-0.4, -0.2) is 57.4 Å². The van der Waals surface area contributed by atoms with E-state index in [0.717, 1.165) is 24.1 Å². The molecule has 1 aromatic rings. The average Bonchev–Trinajstić information content (AvgIpc) is 2.88. The monoisotopic (exact) mass is 317 g/mol. The van der Waals surface area contributed by atoms with E-state index in [9.17, 15) is 8.42 Å². The van der Waals surface area contributed by atoms with Crippen LogP contribution in [0.1, 0.15) is 17.7 Å². The number of hydrogen-bond donors (Lipinski definition) is 1. The minimum atomic E-state index is -3.34. The molecule has 0 aliphatic carbocycles. The van der Waals surface area contributed by atoms with Crippen molar-refractivity contribution in [2.24, 2.45) is 5.73 Å². The number of hydrogen-bond acceptors (Lipinski definition) is 5. The van der Waals surface area contributed by atoms with Gasteiger partial charge in [0.15, 0.2) is 0 Å². The minimum Gasteiger partial charge on any atom is -0.330 e. The van der Waals surface area contributed by atoms with Gasteiger partial charge in [-0.3, -0.25) is 0 Å². The predicted molar refractivity (Wildman–Crippen MR) is 82.5 cm³/mol. The zero-order valence-electron chi connectivity index (χ0n) is 12.1. The molecule has 114 valence electrons. The Bertz CT molecular complexity index is 540. The molecule has 0 aromatic carbocycles. The second-order valence-electron chi connectivity index (χ2n) is 5.38. The minimum absolute atomic E-state index is 0.307. The van der Waals surface area contributed by atoms with Gasteiger partial charge in [-0.15, -0.1) is 11.3 Å². The van der Waals surface area contributed by atoms with Crippen LogP contribution in [-0.2, 0) is 16.4 Å². The van der Waals surface area contributed by atoms with E-state index in [1.54, 1.807) is 10.4 Å². The summed E-state index contributed by atoms with van der Waals surface area (Å²) in [6.45, 7) is 1.75. The van der Waals surface area contributed by atoms with Crippen molar-refractivity contribution in [3.8, 4) is 0 Å². The van der Waals surface area contributed by atoms with E-state index in [4.69, 9.17) is 5.73 Å². The molecule has 2 rings (SSSR count). The van der Waals surface area contributed by atoms with Gasteiger partial charge in [-0.05, 0) is 52.0 Å². The fourth-order valence-electron chi connectivity index (χ4n) is 2.46. The van der Waals surface area contributed by atoms with Crippen LogP contribution in [0, 0.1) is 0 Å². The zero-order chi connectivity index (χ0) is 14.8. The highest BCUT2D eigenvalue weighted by molar-refractivity contribution is 7.91. The standard InChI is InChI=1S/C13H23N3O2S2/c1-15(2)11-4-3-9-16(10-11)20(17,18)13-6-5-12(19-13)7-8-14/h5-6,11H,3-4,7-10,14H2,1-2H3. The molecule has 1 atom stereocenters. The van der Waals surface area contributed by atoms with Crippen molar-refractivity contribution in [2.45, 2.75) is 29.5 Å². The Hall–Kier alpha value is -0.470. The van der Waals surface area contributed by atoms with Crippen LogP contribution in [0.4, 0.5) is 0 Å². The van der Waals surface area contributed by atoms with Crippen molar-refractivity contribution in [1.29, 1.82) is 0 Å². The largest absolute Gasteiger partial charge is 0.330 e. The molecular weight excluding hydrogens is 294 g/mol. The maximum atomic E-state index is 12.7. The normalized spacial score (nSPS) is 21.5. The first kappa shape index (κ1) is 15.9. The van der Waals surface area contributed by atoms with E-state index in [-0.39, 0.29) is 0 Å². The third-order valence-corrected chi connectivity index (χ3v) is 7.19. The SMILES string of the molecule is CN(C)C1CCCN(S(=O)(=O)c2ccc(CCN)s2)C1. The number of rotatable bonds is 5. The van der Waals surface area contributed by atoms with Crippen LogP contribution >= 0.6 is 11.3 Å². The summed E-state index contributed by atoms with van der Waals surface area (Å²) in [5.41, 5.74) is 5.51. The van der Waals surface area contributed by atoms with E-state index in [1.807, 2.05) is 20.2 Å². The van der Waals surface area contributed by atoms with Gasteiger partial charge < -0.3 is 10.6 Å². The van der Waals surface area contributed by atoms with E-state index >= 15 is 0 Å². The summed E-state index contributed by atoms with van der Waals surface area (Å²) in [7, 11) is 0.669. The fraction of sp³-hybridized carbons (Fsp3) is 0.692. The van der Waals surface area contributed by atoms with Crippen LogP contribution in [0.2, 0.25) is 0 Å². The lowest BCUT2D eigenvalue weighted by Gasteiger charge is -2.35. The highest BCUT2D eigenvalue weighted by Crippen LogP contribution is 2.27. The van der Waals surface area contributed by atoms with Crippen LogP contribution in [0.5, 0.6) is 0 Å². The molecule has 1 fully saturated rings. The van der Waals surface area contributed by atoms with Crippen molar-refractivity contribution in [2.75, 3.05) is 33.7 Å². The van der Waals surface area contributed by atoms with Gasteiger partial charge in [-0.25, -0.2) is 8.42 Å². The predicted octanol–water partition coefficient (Wildman–Crippen LogP) is 0.964. The second-order valence-corrected chi connectivity index (χ2v) is 8.72. The van der Waals surface area contributed by atoms with Crippen molar-refractivity contribution in [3.05, 3.63) is 17.0 Å². The highest BCUT2D eigenvalue weighted by atomic mass is 32.2. The summed E-state index contributed by atoms with van der Waals surface area (Å²) in [6, 6.07) is 3.89. The summed E-state index contributed by atoms with van der Waals surface area (Å²) in [5, 5.41) is 0. The Kier molecular flexibility index (Phi) is 5.19. The van der Waals surface area contributed by atoms with E-state index in [1.165, 1.54) is 11.3 Å². The summed E-state index contributed by atoms with van der Waals surface area (Å²) < 4.78 is 27.4. The smallest absolute Gasteiger partial charge is 0.252 e. The molecule has 1 aromatic heterocycles. The molecule has 2 N–H and O–H groups in total. The van der Waals surface area contributed by atoms with Crippen molar-refractivity contribution >= 4 is 21.4 Å². The van der Waals surface area contributed by atoms with Crippen molar-refractivity contribution in [1.82, 2.24) is 9.21 Å². The van der Waals surface area contributed by atoms with Gasteiger partial charge in [0.1, 0.15) is 4.21 Å². The van der Waals surface area contributed by atoms with Gasteiger partial charge in [0, 0.05) is 24.0 Å². The van der Waals surface area contributed by atoms with Gasteiger partial charge in [0.05, 0.1) is 0 Å². The van der Waals surface area contributed by atoms with Crippen molar-refractivity contribution in [3.63, 3.8) is 0 Å². The molecule has 1 unspecified atom stereocenters. The molecule has 0 radical (unpaired) electrons. The molecule has 1 aliphatic heterocycles. The molecule has 5 nitrogen and oxygen atoms in total. The number of nitrogens with two attached hydrogens (primary N) is 1. The van der Waals surface area contributed by atoms with E-state index in [2.05, 4.69) is 4.90 Å². The number of piperidine rings is 1. The van der Waals surface area contributed by atoms with Crippen molar-refractivity contribution < 1.29 is 8.42 Å². The topological polar surface area (TPSA) is 66.6 Å². The number of likely N-dealkylation sites (N-methyl/N-ethyl adjacent to an activating group) is 1. The quantitative estimate of drug-likeness (QED) is 0.878. The van der Waals surface area contributed by atoms with E-state index < -0.39 is 10.0 Å². The van der Waals surface area contributed by atoms with Gasteiger partial charge in [-0.2, -0.15) is 4.31 Å². The maximum absolute atomic E-state index is 12.7. The molecule has 7 heteroatoms. The zero-order valence-corrected chi connectivity index (χ0v) is 13.7. The molecule has 0 spiro atoms. The Balaban J connectivity index is 2.16. The molecule has 1 aliphatic rings. The fourth-order valence-corrected chi connectivity index (χ4v) is 5.50. The van der Waals surface area contributed by atoms with Crippen LogP contribution in [0.3, 0.4) is 0 Å². The molecular formula is C13H23N3O2S2. The van der Waals surface area contributed by atoms with Gasteiger partial charge in [-0.1, -0.05) is 0 Å². The third kappa shape index (κ3) is 3.40. The Morgan fingerprint density at radius 3 is 2.85 bits per heavy atom. The van der Waals surface area contributed by atoms with Gasteiger partial charge in [0.25, 0.3) is 10.0 Å². The van der Waals surface area contributed by atoms with Gasteiger partial charge >= 0.3 is 0 Å². The lowest BCUT2D eigenvalue weighted by molar-refractivity contribution is 0.190. The number of sulfonamides is 1. The molecule has 0 bridgehead atoms. The first-order valence-electron chi connectivity index (χ1n) is 6.90. The molecule has 1 saturated heterocycles. The molecule has 0 saturated carbocycles. The Morgan fingerprint density at radius 2 is 2.20 bits per heavy atom. The average molecular weight is 317 g/mol. The number of nitrogens with zero attached hydrogens (tertiary/aromatic N) is 2. The van der Waals surface area contributed by atoms with Gasteiger partial charge in [0.2, 0.25) is 0 Å². The Labute approximate surface area is 125 Å².